The Morgan fingerprint density at radius 2 is 1.81 bits per heavy atom. The van der Waals surface area contributed by atoms with Crippen molar-refractivity contribution in [1.82, 2.24) is 0 Å². The summed E-state index contributed by atoms with van der Waals surface area (Å²) >= 11 is 18.0. The fraction of sp³-hybridized carbons (Fsp3) is 0.263. The number of likely N-dealkylation sites (N-methyl/N-ethyl adjacent to an activating group) is 1. The second-order valence-corrected chi connectivity index (χ2v) is 7.55. The molecule has 1 aliphatic heterocycles. The van der Waals surface area contributed by atoms with E-state index < -0.39 is 18.0 Å². The molecule has 0 fully saturated rings. The largest absolute Gasteiger partial charge is 0.449 e. The molecule has 0 saturated heterocycles. The number of benzene rings is 2. The zero-order valence-electron chi connectivity index (χ0n) is 14.7. The van der Waals surface area contributed by atoms with Crippen LogP contribution in [0.2, 0.25) is 15.1 Å². The number of rotatable bonds is 4. The van der Waals surface area contributed by atoms with Crippen molar-refractivity contribution in [3.05, 3.63) is 56.5 Å². The molecule has 0 saturated carbocycles. The van der Waals surface area contributed by atoms with Crippen LogP contribution in [-0.4, -0.2) is 31.6 Å². The summed E-state index contributed by atoms with van der Waals surface area (Å²) < 4.78 is 5.29. The van der Waals surface area contributed by atoms with Crippen LogP contribution in [0.4, 0.5) is 11.4 Å². The fourth-order valence-corrected chi connectivity index (χ4v) is 3.75. The molecule has 1 aliphatic rings. The third kappa shape index (κ3) is 4.32. The van der Waals surface area contributed by atoms with Crippen LogP contribution >= 0.6 is 34.8 Å². The molecule has 2 aromatic rings. The van der Waals surface area contributed by atoms with Crippen LogP contribution in [0.15, 0.2) is 30.3 Å². The molecule has 142 valence electrons. The van der Waals surface area contributed by atoms with E-state index in [9.17, 15) is 9.59 Å². The van der Waals surface area contributed by atoms with Crippen LogP contribution in [0.1, 0.15) is 22.8 Å². The van der Waals surface area contributed by atoms with Crippen molar-refractivity contribution in [3.8, 4) is 0 Å². The lowest BCUT2D eigenvalue weighted by molar-refractivity contribution is -0.123. The zero-order valence-corrected chi connectivity index (χ0v) is 17.0. The summed E-state index contributed by atoms with van der Waals surface area (Å²) in [7, 11) is 1.97. The van der Waals surface area contributed by atoms with Crippen LogP contribution in [0.3, 0.4) is 0 Å². The molecular weight excluding hydrogens is 411 g/mol. The summed E-state index contributed by atoms with van der Waals surface area (Å²) in [6.45, 7) is 2.39. The first-order valence-corrected chi connectivity index (χ1v) is 9.40. The monoisotopic (exact) mass is 426 g/mol. The van der Waals surface area contributed by atoms with E-state index in [1.807, 2.05) is 13.1 Å². The molecular formula is C19H17Cl3N2O3. The Bertz CT molecular complexity index is 894. The van der Waals surface area contributed by atoms with Crippen LogP contribution in [0.25, 0.3) is 0 Å². The smallest absolute Gasteiger partial charge is 0.338 e. The Morgan fingerprint density at radius 3 is 2.48 bits per heavy atom. The number of nitrogens with zero attached hydrogens (tertiary/aromatic N) is 1. The lowest BCUT2D eigenvalue weighted by Crippen LogP contribution is -2.30. The minimum absolute atomic E-state index is 0.195. The van der Waals surface area contributed by atoms with E-state index in [1.165, 1.54) is 24.6 Å². The summed E-state index contributed by atoms with van der Waals surface area (Å²) in [5.41, 5.74) is 2.80. The summed E-state index contributed by atoms with van der Waals surface area (Å²) in [6, 6.07) is 8.32. The van der Waals surface area contributed by atoms with E-state index in [2.05, 4.69) is 10.2 Å². The molecule has 27 heavy (non-hydrogen) atoms. The first-order chi connectivity index (χ1) is 12.8. The maximum absolute atomic E-state index is 12.4. The first kappa shape index (κ1) is 19.8. The number of anilines is 2. The topological polar surface area (TPSA) is 58.6 Å². The van der Waals surface area contributed by atoms with E-state index >= 15 is 0 Å². The van der Waals surface area contributed by atoms with Gasteiger partial charge >= 0.3 is 5.97 Å². The van der Waals surface area contributed by atoms with E-state index in [0.717, 1.165) is 18.7 Å². The Hall–Kier alpha value is -1.95. The number of hydrogen-bond acceptors (Lipinski definition) is 4. The highest BCUT2D eigenvalue weighted by Gasteiger charge is 2.23. The molecule has 1 unspecified atom stereocenters. The van der Waals surface area contributed by atoms with Crippen molar-refractivity contribution in [3.63, 3.8) is 0 Å². The Morgan fingerprint density at radius 1 is 1.15 bits per heavy atom. The molecule has 0 aromatic heterocycles. The molecule has 2 aromatic carbocycles. The van der Waals surface area contributed by atoms with Gasteiger partial charge in [-0.05, 0) is 43.2 Å². The number of amides is 1. The van der Waals surface area contributed by atoms with Crippen molar-refractivity contribution in [2.24, 2.45) is 0 Å². The number of ether oxygens (including phenoxy) is 1. The van der Waals surface area contributed by atoms with Gasteiger partial charge in [-0.2, -0.15) is 0 Å². The summed E-state index contributed by atoms with van der Waals surface area (Å²) in [5, 5.41) is 3.31. The van der Waals surface area contributed by atoms with E-state index in [1.54, 1.807) is 12.1 Å². The third-order valence-corrected chi connectivity index (χ3v) is 5.17. The van der Waals surface area contributed by atoms with Crippen LogP contribution < -0.4 is 10.2 Å². The fourth-order valence-electron chi connectivity index (χ4n) is 2.83. The van der Waals surface area contributed by atoms with Crippen LogP contribution in [0, 0.1) is 0 Å². The highest BCUT2D eigenvalue weighted by Crippen LogP contribution is 2.34. The van der Waals surface area contributed by atoms with E-state index in [4.69, 9.17) is 39.5 Å². The number of carbonyl (C=O) groups is 2. The van der Waals surface area contributed by atoms with Gasteiger partial charge in [0.05, 0.1) is 21.3 Å². The maximum atomic E-state index is 12.4. The van der Waals surface area contributed by atoms with Crippen LogP contribution in [0.5, 0.6) is 0 Å². The highest BCUT2D eigenvalue weighted by atomic mass is 35.5. The van der Waals surface area contributed by atoms with Gasteiger partial charge in [0.25, 0.3) is 5.91 Å². The minimum Gasteiger partial charge on any atom is -0.449 e. The molecule has 0 bridgehead atoms. The quantitative estimate of drug-likeness (QED) is 0.711. The second-order valence-electron chi connectivity index (χ2n) is 6.30. The van der Waals surface area contributed by atoms with Crippen LogP contribution in [-0.2, 0) is 16.0 Å². The molecule has 0 radical (unpaired) electrons. The van der Waals surface area contributed by atoms with Crippen molar-refractivity contribution in [1.29, 1.82) is 0 Å². The number of fused-ring (bicyclic) bond motifs is 1. The van der Waals surface area contributed by atoms with Crippen molar-refractivity contribution >= 4 is 58.1 Å². The molecule has 0 spiro atoms. The summed E-state index contributed by atoms with van der Waals surface area (Å²) in [4.78, 5) is 26.8. The van der Waals surface area contributed by atoms with E-state index in [-0.39, 0.29) is 15.7 Å². The predicted molar refractivity (Wildman–Crippen MR) is 108 cm³/mol. The number of esters is 1. The van der Waals surface area contributed by atoms with Gasteiger partial charge in [0, 0.05) is 24.3 Å². The lowest BCUT2D eigenvalue weighted by Gasteiger charge is -2.16. The molecule has 3 rings (SSSR count). The number of halogens is 3. The van der Waals surface area contributed by atoms with Crippen molar-refractivity contribution < 1.29 is 14.3 Å². The first-order valence-electron chi connectivity index (χ1n) is 8.26. The SMILES string of the molecule is CC(OC(=O)c1ccc2c(c1)N(C)CC2)C(=O)Nc1c(Cl)cc(Cl)cc1Cl. The summed E-state index contributed by atoms with van der Waals surface area (Å²) in [6.07, 6.45) is -0.0888. The van der Waals surface area contributed by atoms with Gasteiger partial charge in [-0.3, -0.25) is 4.79 Å². The number of hydrogen-bond donors (Lipinski definition) is 1. The number of nitrogens with one attached hydrogen (secondary N) is 1. The third-order valence-electron chi connectivity index (χ3n) is 4.36. The number of carbonyl (C=O) groups excluding carboxylic acids is 2. The molecule has 1 atom stereocenters. The Kier molecular flexibility index (Phi) is 5.84. The molecule has 1 heterocycles. The van der Waals surface area contributed by atoms with Gasteiger partial charge in [0.1, 0.15) is 0 Å². The normalized spacial score (nSPS) is 13.9. The molecule has 1 amide bonds. The highest BCUT2D eigenvalue weighted by molar-refractivity contribution is 6.42. The van der Waals surface area contributed by atoms with Crippen molar-refractivity contribution in [2.45, 2.75) is 19.4 Å². The molecule has 8 heteroatoms. The average molecular weight is 428 g/mol. The van der Waals surface area contributed by atoms with Gasteiger partial charge in [-0.15, -0.1) is 0 Å². The van der Waals surface area contributed by atoms with E-state index in [0.29, 0.717) is 10.6 Å². The Balaban J connectivity index is 1.68. The van der Waals surface area contributed by atoms with Gasteiger partial charge in [-0.25, -0.2) is 4.79 Å². The molecule has 0 aliphatic carbocycles. The van der Waals surface area contributed by atoms with Crippen molar-refractivity contribution in [2.75, 3.05) is 23.8 Å². The average Bonchev–Trinajstić information content (AvgIpc) is 2.98. The van der Waals surface area contributed by atoms with Gasteiger partial charge in [-0.1, -0.05) is 40.9 Å². The Labute approximate surface area is 172 Å². The molecule has 1 N–H and O–H groups in total. The van der Waals surface area contributed by atoms with Gasteiger partial charge in [0.15, 0.2) is 6.10 Å². The molecule has 5 nitrogen and oxygen atoms in total. The summed E-state index contributed by atoms with van der Waals surface area (Å²) in [5.74, 6) is -1.12. The predicted octanol–water partition coefficient (Wildman–Crippen LogP) is 4.82. The second kappa shape index (κ2) is 7.97. The zero-order chi connectivity index (χ0) is 19.7. The van der Waals surface area contributed by atoms with Gasteiger partial charge in [0.2, 0.25) is 0 Å². The standard InChI is InChI=1S/C19H17Cl3N2O3/c1-10(18(25)23-17-14(21)8-13(20)9-15(17)22)27-19(26)12-4-3-11-5-6-24(2)16(11)7-12/h3-4,7-10H,5-6H2,1-2H3,(H,23,25). The maximum Gasteiger partial charge on any atom is 0.338 e. The van der Waals surface area contributed by atoms with Gasteiger partial charge < -0.3 is 15.0 Å². The minimum atomic E-state index is -1.04. The lowest BCUT2D eigenvalue weighted by atomic mass is 10.1.